The molecular formula is C18H16O4. The normalized spacial score (nSPS) is 20.4. The van der Waals surface area contributed by atoms with E-state index in [0.29, 0.717) is 0 Å². The Labute approximate surface area is 128 Å². The maximum atomic E-state index is 11.4. The fourth-order valence-electron chi connectivity index (χ4n) is 3.19. The van der Waals surface area contributed by atoms with Crippen LogP contribution >= 0.6 is 0 Å². The molecule has 0 bridgehead atoms. The van der Waals surface area contributed by atoms with Gasteiger partial charge >= 0.3 is 5.97 Å². The van der Waals surface area contributed by atoms with Crippen LogP contribution in [-0.4, -0.2) is 24.3 Å². The van der Waals surface area contributed by atoms with Crippen molar-refractivity contribution in [2.24, 2.45) is 5.41 Å². The van der Waals surface area contributed by atoms with Crippen LogP contribution in [0.5, 0.6) is 0 Å². The van der Waals surface area contributed by atoms with Crippen LogP contribution in [0.4, 0.5) is 0 Å². The molecule has 0 radical (unpaired) electrons. The lowest BCUT2D eigenvalue weighted by Crippen LogP contribution is -2.49. The molecule has 1 aliphatic heterocycles. The van der Waals surface area contributed by atoms with Crippen LogP contribution in [0.25, 0.3) is 11.1 Å². The van der Waals surface area contributed by atoms with Crippen molar-refractivity contribution < 1.29 is 19.4 Å². The first-order valence-electron chi connectivity index (χ1n) is 7.28. The van der Waals surface area contributed by atoms with Crippen LogP contribution in [0, 0.1) is 5.41 Å². The first-order valence-corrected chi connectivity index (χ1v) is 7.28. The fourth-order valence-corrected chi connectivity index (χ4v) is 3.19. The van der Waals surface area contributed by atoms with Gasteiger partial charge in [-0.2, -0.15) is 0 Å². The van der Waals surface area contributed by atoms with Crippen LogP contribution < -0.4 is 0 Å². The molecule has 1 fully saturated rings. The minimum Gasteiger partial charge on any atom is -0.481 e. The quantitative estimate of drug-likeness (QED) is 0.879. The number of carboxylic acids is 1. The van der Waals surface area contributed by atoms with E-state index in [-0.39, 0.29) is 13.2 Å². The van der Waals surface area contributed by atoms with Crippen molar-refractivity contribution in [2.45, 2.75) is 12.7 Å². The highest BCUT2D eigenvalue weighted by atomic mass is 16.7. The molecule has 1 heterocycles. The van der Waals surface area contributed by atoms with E-state index in [0.717, 1.165) is 22.3 Å². The maximum Gasteiger partial charge on any atom is 0.314 e. The predicted molar refractivity (Wildman–Crippen MR) is 80.3 cm³/mol. The zero-order chi connectivity index (χ0) is 15.4. The van der Waals surface area contributed by atoms with Crippen molar-refractivity contribution >= 4 is 5.97 Å². The van der Waals surface area contributed by atoms with E-state index in [4.69, 9.17) is 9.47 Å². The molecule has 4 rings (SSSR count). The number of fused-ring (bicyclic) bond motifs is 5. The van der Waals surface area contributed by atoms with Crippen molar-refractivity contribution in [1.82, 2.24) is 0 Å². The molecule has 4 heteroatoms. The Morgan fingerprint density at radius 3 is 1.86 bits per heavy atom. The second kappa shape index (κ2) is 4.41. The van der Waals surface area contributed by atoms with Crippen molar-refractivity contribution in [2.75, 3.05) is 13.2 Å². The Morgan fingerprint density at radius 1 is 0.955 bits per heavy atom. The molecule has 4 nitrogen and oxygen atoms in total. The first-order chi connectivity index (χ1) is 10.6. The molecule has 2 aromatic carbocycles. The highest BCUT2D eigenvalue weighted by molar-refractivity contribution is 5.80. The number of rotatable bonds is 1. The lowest BCUT2D eigenvalue weighted by Gasteiger charge is -2.41. The topological polar surface area (TPSA) is 55.8 Å². The predicted octanol–water partition coefficient (Wildman–Crippen LogP) is 3.01. The fraction of sp³-hybridized carbons (Fsp3) is 0.278. The summed E-state index contributed by atoms with van der Waals surface area (Å²) in [5.74, 6) is -1.88. The first kappa shape index (κ1) is 13.5. The van der Waals surface area contributed by atoms with Gasteiger partial charge < -0.3 is 14.6 Å². The summed E-state index contributed by atoms with van der Waals surface area (Å²) in [7, 11) is 0. The molecule has 0 saturated carbocycles. The molecule has 2 aromatic rings. The van der Waals surface area contributed by atoms with Gasteiger partial charge in [0.15, 0.2) is 0 Å². The van der Waals surface area contributed by atoms with E-state index >= 15 is 0 Å². The number of carbonyl (C=O) groups is 1. The Morgan fingerprint density at radius 2 is 1.41 bits per heavy atom. The number of carboxylic acid groups (broad SMARTS) is 1. The second-order valence-electron chi connectivity index (χ2n) is 6.15. The Hall–Kier alpha value is -2.17. The molecule has 0 atom stereocenters. The van der Waals surface area contributed by atoms with E-state index in [1.165, 1.54) is 0 Å². The van der Waals surface area contributed by atoms with Crippen molar-refractivity contribution in [3.8, 4) is 11.1 Å². The molecule has 1 aliphatic carbocycles. The largest absolute Gasteiger partial charge is 0.481 e. The monoisotopic (exact) mass is 296 g/mol. The summed E-state index contributed by atoms with van der Waals surface area (Å²) in [5.41, 5.74) is 3.04. The summed E-state index contributed by atoms with van der Waals surface area (Å²) >= 11 is 0. The van der Waals surface area contributed by atoms with Gasteiger partial charge in [-0.3, -0.25) is 4.79 Å². The van der Waals surface area contributed by atoms with Crippen LogP contribution in [0.3, 0.4) is 0 Å². The summed E-state index contributed by atoms with van der Waals surface area (Å²) in [4.78, 5) is 11.4. The van der Waals surface area contributed by atoms with Crippen LogP contribution in [0.2, 0.25) is 0 Å². The van der Waals surface area contributed by atoms with Gasteiger partial charge in [-0.1, -0.05) is 48.5 Å². The van der Waals surface area contributed by atoms with E-state index in [1.54, 1.807) is 6.92 Å². The SMILES string of the molecule is CC1(C(=O)O)COC2(OC1)c1ccccc1-c1ccccc12. The van der Waals surface area contributed by atoms with Gasteiger partial charge in [-0.15, -0.1) is 0 Å². The van der Waals surface area contributed by atoms with Crippen molar-refractivity contribution in [1.29, 1.82) is 0 Å². The minimum atomic E-state index is -1.02. The number of hydrogen-bond acceptors (Lipinski definition) is 3. The van der Waals surface area contributed by atoms with Gasteiger partial charge in [0.25, 0.3) is 0 Å². The number of aliphatic carboxylic acids is 1. The third-order valence-corrected chi connectivity index (χ3v) is 4.56. The molecule has 0 aromatic heterocycles. The average Bonchev–Trinajstić information content (AvgIpc) is 2.82. The zero-order valence-electron chi connectivity index (χ0n) is 12.2. The van der Waals surface area contributed by atoms with Gasteiger partial charge in [-0.25, -0.2) is 0 Å². The van der Waals surface area contributed by atoms with Gasteiger partial charge in [0.1, 0.15) is 5.41 Å². The number of benzene rings is 2. The summed E-state index contributed by atoms with van der Waals surface area (Å²) in [6, 6.07) is 15.9. The van der Waals surface area contributed by atoms with Gasteiger partial charge in [0.05, 0.1) is 13.2 Å². The number of hydrogen-bond donors (Lipinski definition) is 1. The lowest BCUT2D eigenvalue weighted by molar-refractivity contribution is -0.283. The molecule has 1 spiro atoms. The second-order valence-corrected chi connectivity index (χ2v) is 6.15. The summed E-state index contributed by atoms with van der Waals surface area (Å²) in [6.07, 6.45) is 0. The molecule has 2 aliphatic rings. The molecule has 0 unspecified atom stereocenters. The van der Waals surface area contributed by atoms with Crippen LogP contribution in [-0.2, 0) is 20.1 Å². The highest BCUT2D eigenvalue weighted by Crippen LogP contribution is 2.52. The molecule has 1 N–H and O–H groups in total. The van der Waals surface area contributed by atoms with Gasteiger partial charge in [0, 0.05) is 11.1 Å². The minimum absolute atomic E-state index is 0.116. The van der Waals surface area contributed by atoms with Crippen LogP contribution in [0.1, 0.15) is 18.1 Å². The maximum absolute atomic E-state index is 11.4. The summed E-state index contributed by atoms with van der Waals surface area (Å²) in [5, 5.41) is 9.36. The lowest BCUT2D eigenvalue weighted by atomic mass is 9.90. The standard InChI is InChI=1S/C18H16O4/c1-17(16(19)20)10-21-18(22-11-17)14-8-4-2-6-12(14)13-7-3-5-9-15(13)18/h2-9H,10-11H2,1H3,(H,19,20). The Balaban J connectivity index is 1.85. The van der Waals surface area contributed by atoms with Crippen molar-refractivity contribution in [3.63, 3.8) is 0 Å². The highest BCUT2D eigenvalue weighted by Gasteiger charge is 2.52. The molecular weight excluding hydrogens is 280 g/mol. The smallest absolute Gasteiger partial charge is 0.314 e. The average molecular weight is 296 g/mol. The van der Waals surface area contributed by atoms with E-state index < -0.39 is 17.2 Å². The van der Waals surface area contributed by atoms with Crippen molar-refractivity contribution in [3.05, 3.63) is 59.7 Å². The van der Waals surface area contributed by atoms with E-state index in [9.17, 15) is 9.90 Å². The molecule has 22 heavy (non-hydrogen) atoms. The Bertz CT molecular complexity index is 710. The molecule has 112 valence electrons. The van der Waals surface area contributed by atoms with Crippen LogP contribution in [0.15, 0.2) is 48.5 Å². The molecule has 1 saturated heterocycles. The number of ether oxygens (including phenoxy) is 2. The third-order valence-electron chi connectivity index (χ3n) is 4.56. The summed E-state index contributed by atoms with van der Waals surface area (Å²) in [6.45, 7) is 1.88. The van der Waals surface area contributed by atoms with Gasteiger partial charge in [0.2, 0.25) is 5.79 Å². The Kier molecular flexibility index (Phi) is 2.71. The zero-order valence-corrected chi connectivity index (χ0v) is 12.2. The third kappa shape index (κ3) is 1.62. The molecule has 0 amide bonds. The van der Waals surface area contributed by atoms with E-state index in [1.807, 2.05) is 48.5 Å². The van der Waals surface area contributed by atoms with Gasteiger partial charge in [-0.05, 0) is 18.1 Å². The van der Waals surface area contributed by atoms with E-state index in [2.05, 4.69) is 0 Å². The summed E-state index contributed by atoms with van der Waals surface area (Å²) < 4.78 is 12.1.